The fraction of sp³-hybridized carbons (Fsp3) is 0.250. The molecule has 1 atom stereocenters. The highest BCUT2D eigenvalue weighted by atomic mass is 19.1. The molecule has 0 aliphatic heterocycles. The summed E-state index contributed by atoms with van der Waals surface area (Å²) in [7, 11) is 0. The van der Waals surface area contributed by atoms with Gasteiger partial charge in [0, 0.05) is 0 Å². The first-order valence-electron chi connectivity index (χ1n) is 2.99. The summed E-state index contributed by atoms with van der Waals surface area (Å²) in [5.41, 5.74) is 0.748. The van der Waals surface area contributed by atoms with Crippen molar-refractivity contribution in [3.63, 3.8) is 0 Å². The average molecular weight is 124 g/mol. The van der Waals surface area contributed by atoms with Crippen LogP contribution in [-0.4, -0.2) is 0 Å². The average Bonchev–Trinajstić information content (AvgIpc) is 1.90. The quantitative estimate of drug-likeness (QED) is 0.540. The standard InChI is InChI=1S/C8H9F/c1-7(9)8-5-3-2-4-6-8/h2-7H,1H3/t7-/m1/s1. The van der Waals surface area contributed by atoms with E-state index in [1.807, 2.05) is 18.2 Å². The first-order chi connectivity index (χ1) is 4.30. The van der Waals surface area contributed by atoms with Crippen LogP contribution in [0.25, 0.3) is 0 Å². The zero-order chi connectivity index (χ0) is 6.69. The first kappa shape index (κ1) is 6.27. The van der Waals surface area contributed by atoms with Gasteiger partial charge in [-0.25, -0.2) is 4.39 Å². The number of rotatable bonds is 1. The van der Waals surface area contributed by atoms with Crippen molar-refractivity contribution in [2.75, 3.05) is 0 Å². The van der Waals surface area contributed by atoms with Gasteiger partial charge in [0.25, 0.3) is 0 Å². The summed E-state index contributed by atoms with van der Waals surface area (Å²) in [4.78, 5) is 0. The second-order valence-electron chi connectivity index (χ2n) is 2.03. The summed E-state index contributed by atoms with van der Waals surface area (Å²) >= 11 is 0. The van der Waals surface area contributed by atoms with Crippen LogP contribution < -0.4 is 0 Å². The van der Waals surface area contributed by atoms with Gasteiger partial charge in [0.2, 0.25) is 0 Å². The van der Waals surface area contributed by atoms with Gasteiger partial charge in [-0.3, -0.25) is 0 Å². The second kappa shape index (κ2) is 2.62. The second-order valence-corrected chi connectivity index (χ2v) is 2.03. The van der Waals surface area contributed by atoms with Crippen molar-refractivity contribution in [3.05, 3.63) is 35.9 Å². The Morgan fingerprint density at radius 1 is 1.22 bits per heavy atom. The van der Waals surface area contributed by atoms with Crippen molar-refractivity contribution in [2.45, 2.75) is 13.1 Å². The fourth-order valence-electron chi connectivity index (χ4n) is 0.718. The van der Waals surface area contributed by atoms with Crippen LogP contribution in [0.15, 0.2) is 30.3 Å². The number of benzene rings is 1. The van der Waals surface area contributed by atoms with Gasteiger partial charge in [0.15, 0.2) is 0 Å². The number of alkyl halides is 1. The Hall–Kier alpha value is -0.850. The molecule has 0 amide bonds. The summed E-state index contributed by atoms with van der Waals surface area (Å²) < 4.78 is 12.4. The van der Waals surface area contributed by atoms with Gasteiger partial charge in [0.05, 0.1) is 0 Å². The monoisotopic (exact) mass is 124 g/mol. The molecule has 0 bridgehead atoms. The van der Waals surface area contributed by atoms with Gasteiger partial charge in [-0.05, 0) is 12.5 Å². The lowest BCUT2D eigenvalue weighted by Crippen LogP contribution is -1.81. The van der Waals surface area contributed by atoms with Crippen LogP contribution in [-0.2, 0) is 0 Å². The Balaban J connectivity index is 2.85. The molecule has 0 aromatic heterocycles. The highest BCUT2D eigenvalue weighted by molar-refractivity contribution is 5.16. The highest BCUT2D eigenvalue weighted by Gasteiger charge is 1.97. The van der Waals surface area contributed by atoms with E-state index in [0.29, 0.717) is 0 Å². The van der Waals surface area contributed by atoms with Crippen LogP contribution in [0.5, 0.6) is 0 Å². The predicted molar refractivity (Wildman–Crippen MR) is 36.0 cm³/mol. The van der Waals surface area contributed by atoms with E-state index in [-0.39, 0.29) is 0 Å². The number of halogens is 1. The van der Waals surface area contributed by atoms with Gasteiger partial charge < -0.3 is 0 Å². The molecule has 1 aromatic rings. The third-order valence-electron chi connectivity index (χ3n) is 1.26. The minimum atomic E-state index is -0.841. The topological polar surface area (TPSA) is 0 Å². The predicted octanol–water partition coefficient (Wildman–Crippen LogP) is 2.72. The van der Waals surface area contributed by atoms with Crippen molar-refractivity contribution in [3.8, 4) is 0 Å². The van der Waals surface area contributed by atoms with Gasteiger partial charge in [-0.15, -0.1) is 0 Å². The van der Waals surface area contributed by atoms with E-state index in [1.165, 1.54) is 6.92 Å². The lowest BCUT2D eigenvalue weighted by molar-refractivity contribution is 0.374. The smallest absolute Gasteiger partial charge is 0.122 e. The van der Waals surface area contributed by atoms with E-state index >= 15 is 0 Å². The first-order valence-corrected chi connectivity index (χ1v) is 2.99. The van der Waals surface area contributed by atoms with Gasteiger partial charge in [0.1, 0.15) is 6.17 Å². The molecule has 0 nitrogen and oxygen atoms in total. The summed E-state index contributed by atoms with van der Waals surface area (Å²) in [6.45, 7) is 1.54. The van der Waals surface area contributed by atoms with E-state index < -0.39 is 6.17 Å². The third kappa shape index (κ3) is 1.53. The largest absolute Gasteiger partial charge is 0.243 e. The van der Waals surface area contributed by atoms with Gasteiger partial charge >= 0.3 is 0 Å². The molecule has 0 spiro atoms. The molecule has 0 saturated carbocycles. The van der Waals surface area contributed by atoms with Gasteiger partial charge in [-0.1, -0.05) is 30.3 Å². The number of hydrogen-bond acceptors (Lipinski definition) is 0. The van der Waals surface area contributed by atoms with Crippen LogP contribution in [0.1, 0.15) is 18.7 Å². The van der Waals surface area contributed by atoms with Crippen molar-refractivity contribution >= 4 is 0 Å². The maximum Gasteiger partial charge on any atom is 0.122 e. The molecule has 1 heteroatoms. The molecule has 0 fully saturated rings. The van der Waals surface area contributed by atoms with Crippen LogP contribution in [0.4, 0.5) is 4.39 Å². The Morgan fingerprint density at radius 2 is 1.78 bits per heavy atom. The number of hydrogen-bond donors (Lipinski definition) is 0. The van der Waals surface area contributed by atoms with E-state index in [1.54, 1.807) is 12.1 Å². The molecule has 0 aliphatic rings. The minimum Gasteiger partial charge on any atom is -0.243 e. The molecule has 48 valence electrons. The van der Waals surface area contributed by atoms with Crippen molar-refractivity contribution in [1.82, 2.24) is 0 Å². The van der Waals surface area contributed by atoms with E-state index in [2.05, 4.69) is 0 Å². The van der Waals surface area contributed by atoms with Crippen LogP contribution in [0.2, 0.25) is 0 Å². The maximum absolute atomic E-state index is 12.4. The third-order valence-corrected chi connectivity index (χ3v) is 1.26. The molecule has 0 saturated heterocycles. The van der Waals surface area contributed by atoms with Crippen molar-refractivity contribution in [1.29, 1.82) is 0 Å². The van der Waals surface area contributed by atoms with Crippen LogP contribution >= 0.6 is 0 Å². The summed E-state index contributed by atoms with van der Waals surface area (Å²) in [5, 5.41) is 0. The van der Waals surface area contributed by atoms with Crippen LogP contribution in [0.3, 0.4) is 0 Å². The zero-order valence-electron chi connectivity index (χ0n) is 5.34. The normalized spacial score (nSPS) is 13.1. The highest BCUT2D eigenvalue weighted by Crippen LogP contribution is 2.14. The van der Waals surface area contributed by atoms with Crippen molar-refractivity contribution < 1.29 is 4.39 Å². The molecular weight excluding hydrogens is 115 g/mol. The molecule has 9 heavy (non-hydrogen) atoms. The molecule has 1 rings (SSSR count). The zero-order valence-corrected chi connectivity index (χ0v) is 5.34. The lowest BCUT2D eigenvalue weighted by atomic mass is 10.1. The van der Waals surface area contributed by atoms with E-state index in [9.17, 15) is 4.39 Å². The maximum atomic E-state index is 12.4. The molecule has 0 N–H and O–H groups in total. The van der Waals surface area contributed by atoms with Gasteiger partial charge in [-0.2, -0.15) is 0 Å². The molecule has 1 aromatic carbocycles. The lowest BCUT2D eigenvalue weighted by Gasteiger charge is -1.98. The van der Waals surface area contributed by atoms with E-state index in [4.69, 9.17) is 0 Å². The molecule has 0 radical (unpaired) electrons. The Morgan fingerprint density at radius 3 is 2.11 bits per heavy atom. The van der Waals surface area contributed by atoms with Crippen LogP contribution in [0, 0.1) is 0 Å². The Bertz CT molecular complexity index is 167. The summed E-state index contributed by atoms with van der Waals surface area (Å²) in [6.07, 6.45) is -0.841. The van der Waals surface area contributed by atoms with E-state index in [0.717, 1.165) is 5.56 Å². The summed E-state index contributed by atoms with van der Waals surface area (Å²) in [5.74, 6) is 0. The molecule has 0 aliphatic carbocycles. The SMILES string of the molecule is C[C@@H](F)c1ccccc1. The molecule has 0 heterocycles. The Kier molecular flexibility index (Phi) is 1.83. The minimum absolute atomic E-state index is 0.748. The molecule has 0 unspecified atom stereocenters. The summed E-state index contributed by atoms with van der Waals surface area (Å²) in [6, 6.07) is 9.12. The molecular formula is C8H9F. The fourth-order valence-corrected chi connectivity index (χ4v) is 0.718. The Labute approximate surface area is 54.3 Å². The van der Waals surface area contributed by atoms with Crippen molar-refractivity contribution in [2.24, 2.45) is 0 Å².